The standard InChI is InChI=1S/C17H17ClN4O3/c1-9-8-13(21-25-9)19-16(23)14-10(2)22(3)17(24)20-15(14)11-4-6-12(18)7-5-11/h4-8,15H,1-3H3,(H,20,24)(H,19,21,23)/t15-/m1/s1. The summed E-state index contributed by atoms with van der Waals surface area (Å²) in [4.78, 5) is 26.4. The molecule has 7 nitrogen and oxygen atoms in total. The summed E-state index contributed by atoms with van der Waals surface area (Å²) in [6, 6.07) is 7.73. The quantitative estimate of drug-likeness (QED) is 0.879. The lowest BCUT2D eigenvalue weighted by atomic mass is 9.94. The van der Waals surface area contributed by atoms with E-state index in [2.05, 4.69) is 15.8 Å². The van der Waals surface area contributed by atoms with Crippen molar-refractivity contribution in [2.75, 3.05) is 12.4 Å². The summed E-state index contributed by atoms with van der Waals surface area (Å²) in [7, 11) is 1.61. The molecule has 2 heterocycles. The van der Waals surface area contributed by atoms with E-state index in [4.69, 9.17) is 16.1 Å². The number of aromatic nitrogens is 1. The fraction of sp³-hybridized carbons (Fsp3) is 0.235. The Bertz CT molecular complexity index is 857. The van der Waals surface area contributed by atoms with Crippen molar-refractivity contribution in [3.05, 3.63) is 57.9 Å². The molecule has 0 saturated heterocycles. The van der Waals surface area contributed by atoms with Gasteiger partial charge in [0.05, 0.1) is 11.6 Å². The highest BCUT2D eigenvalue weighted by atomic mass is 35.5. The summed E-state index contributed by atoms with van der Waals surface area (Å²) in [5.41, 5.74) is 1.73. The highest BCUT2D eigenvalue weighted by Gasteiger charge is 2.34. The minimum absolute atomic E-state index is 0.286. The van der Waals surface area contributed by atoms with Crippen molar-refractivity contribution in [3.8, 4) is 0 Å². The molecule has 0 saturated carbocycles. The van der Waals surface area contributed by atoms with E-state index in [1.807, 2.05) is 0 Å². The average Bonchev–Trinajstić information content (AvgIpc) is 2.97. The second-order valence-electron chi connectivity index (χ2n) is 5.77. The SMILES string of the molecule is CC1=C(C(=O)Nc2cc(C)on2)[C@@H](c2ccc(Cl)cc2)NC(=O)N1C. The molecular formula is C17H17ClN4O3. The van der Waals surface area contributed by atoms with Gasteiger partial charge in [-0.05, 0) is 31.5 Å². The number of nitrogens with zero attached hydrogens (tertiary/aromatic N) is 2. The van der Waals surface area contributed by atoms with E-state index in [0.29, 0.717) is 27.9 Å². The second kappa shape index (κ2) is 6.60. The molecule has 1 aromatic heterocycles. The average molecular weight is 361 g/mol. The Balaban J connectivity index is 1.99. The number of allylic oxidation sites excluding steroid dienone is 1. The van der Waals surface area contributed by atoms with Crippen LogP contribution in [-0.4, -0.2) is 29.0 Å². The molecule has 0 spiro atoms. The van der Waals surface area contributed by atoms with E-state index in [1.165, 1.54) is 4.90 Å². The van der Waals surface area contributed by atoms with Crippen LogP contribution in [0.5, 0.6) is 0 Å². The molecule has 25 heavy (non-hydrogen) atoms. The first-order valence-electron chi connectivity index (χ1n) is 7.62. The number of aryl methyl sites for hydroxylation is 1. The number of halogens is 1. The van der Waals surface area contributed by atoms with Gasteiger partial charge in [0.2, 0.25) is 0 Å². The number of hydrogen-bond donors (Lipinski definition) is 2. The molecule has 2 N–H and O–H groups in total. The Morgan fingerprint density at radius 1 is 1.32 bits per heavy atom. The highest BCUT2D eigenvalue weighted by molar-refractivity contribution is 6.30. The van der Waals surface area contributed by atoms with Gasteiger partial charge in [-0.15, -0.1) is 0 Å². The van der Waals surface area contributed by atoms with Crippen molar-refractivity contribution in [1.29, 1.82) is 0 Å². The number of anilines is 1. The van der Waals surface area contributed by atoms with Crippen molar-refractivity contribution in [2.24, 2.45) is 0 Å². The lowest BCUT2D eigenvalue weighted by molar-refractivity contribution is -0.113. The third kappa shape index (κ3) is 3.36. The Morgan fingerprint density at radius 2 is 2.00 bits per heavy atom. The predicted molar refractivity (Wildman–Crippen MR) is 93.1 cm³/mol. The first-order valence-corrected chi connectivity index (χ1v) is 7.99. The summed E-state index contributed by atoms with van der Waals surface area (Å²) < 4.78 is 4.97. The maximum absolute atomic E-state index is 12.8. The summed E-state index contributed by atoms with van der Waals surface area (Å²) in [6.07, 6.45) is 0. The molecule has 1 aromatic carbocycles. The number of carbonyl (C=O) groups excluding carboxylic acids is 2. The largest absolute Gasteiger partial charge is 0.360 e. The normalized spacial score (nSPS) is 17.5. The molecule has 3 rings (SSSR count). The Labute approximate surface area is 149 Å². The molecule has 3 amide bonds. The zero-order chi connectivity index (χ0) is 18.1. The molecule has 0 radical (unpaired) electrons. The zero-order valence-electron chi connectivity index (χ0n) is 14.0. The molecule has 0 unspecified atom stereocenters. The van der Waals surface area contributed by atoms with Crippen LogP contribution in [0.1, 0.15) is 24.3 Å². The third-order valence-electron chi connectivity index (χ3n) is 4.07. The van der Waals surface area contributed by atoms with Crippen LogP contribution in [0.25, 0.3) is 0 Å². The molecule has 1 aliphatic rings. The minimum Gasteiger partial charge on any atom is -0.360 e. The van der Waals surface area contributed by atoms with Gasteiger partial charge in [0.1, 0.15) is 5.76 Å². The van der Waals surface area contributed by atoms with E-state index < -0.39 is 6.04 Å². The minimum atomic E-state index is -0.589. The van der Waals surface area contributed by atoms with Gasteiger partial charge < -0.3 is 20.1 Å². The van der Waals surface area contributed by atoms with Gasteiger partial charge in [-0.3, -0.25) is 4.79 Å². The van der Waals surface area contributed by atoms with Crippen LogP contribution < -0.4 is 10.6 Å². The summed E-state index contributed by atoms with van der Waals surface area (Å²) >= 11 is 5.93. The van der Waals surface area contributed by atoms with Gasteiger partial charge in [-0.25, -0.2) is 4.79 Å². The second-order valence-corrected chi connectivity index (χ2v) is 6.21. The number of carbonyl (C=O) groups is 2. The number of urea groups is 1. The smallest absolute Gasteiger partial charge is 0.322 e. The Hall–Kier alpha value is -2.80. The summed E-state index contributed by atoms with van der Waals surface area (Å²) in [5.74, 6) is 0.541. The summed E-state index contributed by atoms with van der Waals surface area (Å²) in [6.45, 7) is 3.46. The fourth-order valence-electron chi connectivity index (χ4n) is 2.64. The molecule has 0 fully saturated rings. The third-order valence-corrected chi connectivity index (χ3v) is 4.32. The lowest BCUT2D eigenvalue weighted by Gasteiger charge is -2.33. The van der Waals surface area contributed by atoms with Crippen molar-refractivity contribution < 1.29 is 14.1 Å². The molecule has 2 aromatic rings. The van der Waals surface area contributed by atoms with E-state index in [1.54, 1.807) is 51.2 Å². The van der Waals surface area contributed by atoms with E-state index >= 15 is 0 Å². The van der Waals surface area contributed by atoms with Crippen LogP contribution >= 0.6 is 11.6 Å². The molecule has 130 valence electrons. The van der Waals surface area contributed by atoms with E-state index in [-0.39, 0.29) is 11.9 Å². The monoisotopic (exact) mass is 360 g/mol. The zero-order valence-corrected chi connectivity index (χ0v) is 14.7. The molecule has 1 atom stereocenters. The van der Waals surface area contributed by atoms with Gasteiger partial charge in [0, 0.05) is 23.8 Å². The van der Waals surface area contributed by atoms with Gasteiger partial charge in [-0.1, -0.05) is 28.9 Å². The first-order chi connectivity index (χ1) is 11.9. The Kier molecular flexibility index (Phi) is 4.50. The van der Waals surface area contributed by atoms with Gasteiger partial charge >= 0.3 is 6.03 Å². The topological polar surface area (TPSA) is 87.5 Å². The van der Waals surface area contributed by atoms with Crippen LogP contribution in [0.15, 0.2) is 46.1 Å². The molecule has 0 bridgehead atoms. The number of amides is 3. The number of rotatable bonds is 3. The van der Waals surface area contributed by atoms with Gasteiger partial charge in [0.25, 0.3) is 5.91 Å². The van der Waals surface area contributed by atoms with Crippen LogP contribution in [0.3, 0.4) is 0 Å². The first kappa shape index (κ1) is 17.0. The lowest BCUT2D eigenvalue weighted by Crippen LogP contribution is -2.46. The highest BCUT2D eigenvalue weighted by Crippen LogP contribution is 2.31. The van der Waals surface area contributed by atoms with E-state index in [0.717, 1.165) is 5.56 Å². The van der Waals surface area contributed by atoms with Crippen molar-refractivity contribution in [1.82, 2.24) is 15.4 Å². The maximum atomic E-state index is 12.8. The number of hydrogen-bond acceptors (Lipinski definition) is 4. The number of benzene rings is 1. The van der Waals surface area contributed by atoms with Crippen molar-refractivity contribution in [3.63, 3.8) is 0 Å². The van der Waals surface area contributed by atoms with E-state index in [9.17, 15) is 9.59 Å². The molecule has 0 aliphatic carbocycles. The Morgan fingerprint density at radius 3 is 2.60 bits per heavy atom. The molecule has 1 aliphatic heterocycles. The van der Waals surface area contributed by atoms with Crippen LogP contribution in [-0.2, 0) is 4.79 Å². The number of nitrogens with one attached hydrogen (secondary N) is 2. The maximum Gasteiger partial charge on any atom is 0.322 e. The fourth-order valence-corrected chi connectivity index (χ4v) is 2.77. The van der Waals surface area contributed by atoms with Gasteiger partial charge in [-0.2, -0.15) is 0 Å². The van der Waals surface area contributed by atoms with Crippen LogP contribution in [0.4, 0.5) is 10.6 Å². The van der Waals surface area contributed by atoms with Gasteiger partial charge in [0.15, 0.2) is 5.82 Å². The summed E-state index contributed by atoms with van der Waals surface area (Å²) in [5, 5.41) is 9.89. The predicted octanol–water partition coefficient (Wildman–Crippen LogP) is 3.25. The molecular weight excluding hydrogens is 344 g/mol. The van der Waals surface area contributed by atoms with Crippen LogP contribution in [0, 0.1) is 6.92 Å². The van der Waals surface area contributed by atoms with Crippen molar-refractivity contribution >= 4 is 29.4 Å². The molecule has 8 heteroatoms. The van der Waals surface area contributed by atoms with Crippen molar-refractivity contribution in [2.45, 2.75) is 19.9 Å². The van der Waals surface area contributed by atoms with Crippen LogP contribution in [0.2, 0.25) is 5.02 Å².